The van der Waals surface area contributed by atoms with Gasteiger partial charge in [-0.2, -0.15) is 5.10 Å². The Balaban J connectivity index is 3.07. The Kier molecular flexibility index (Phi) is 3.52. The first-order valence-corrected chi connectivity index (χ1v) is 4.89. The van der Waals surface area contributed by atoms with E-state index in [0.717, 1.165) is 18.0 Å². The third-order valence-electron chi connectivity index (χ3n) is 2.52. The average molecular weight is 198 g/mol. The van der Waals surface area contributed by atoms with E-state index in [9.17, 15) is 5.11 Å². The Hall–Kier alpha value is -1.03. The lowest BCUT2D eigenvalue weighted by atomic mass is 10.0. The van der Waals surface area contributed by atoms with Crippen LogP contribution in [0.2, 0.25) is 0 Å². The largest absolute Gasteiger partial charge is 0.493 e. The lowest BCUT2D eigenvalue weighted by Gasteiger charge is -2.17. The molecule has 1 rings (SSSR count). The first-order valence-electron chi connectivity index (χ1n) is 4.89. The molecular formula is C10H18N2O2. The van der Waals surface area contributed by atoms with Crippen LogP contribution in [0.3, 0.4) is 0 Å². The van der Waals surface area contributed by atoms with E-state index in [1.165, 1.54) is 0 Å². The van der Waals surface area contributed by atoms with E-state index in [0.29, 0.717) is 0 Å². The van der Waals surface area contributed by atoms with E-state index in [2.05, 4.69) is 5.10 Å². The summed E-state index contributed by atoms with van der Waals surface area (Å²) < 4.78 is 7.06. The summed E-state index contributed by atoms with van der Waals surface area (Å²) in [5.41, 5.74) is 0.963. The van der Waals surface area contributed by atoms with Crippen LogP contribution in [-0.4, -0.2) is 28.1 Å². The fourth-order valence-electron chi connectivity index (χ4n) is 1.47. The minimum atomic E-state index is -0.397. The summed E-state index contributed by atoms with van der Waals surface area (Å²) in [5, 5.41) is 13.7. The molecule has 1 aromatic heterocycles. The van der Waals surface area contributed by atoms with E-state index < -0.39 is 6.10 Å². The zero-order chi connectivity index (χ0) is 10.7. The maximum atomic E-state index is 9.54. The van der Waals surface area contributed by atoms with Crippen molar-refractivity contribution in [3.63, 3.8) is 0 Å². The predicted octanol–water partition coefficient (Wildman–Crippen LogP) is 1.40. The van der Waals surface area contributed by atoms with Crippen LogP contribution in [0.1, 0.15) is 32.4 Å². The molecule has 0 aliphatic rings. The molecule has 1 N–H and O–H groups in total. The fourth-order valence-corrected chi connectivity index (χ4v) is 1.47. The molecule has 0 bridgehead atoms. The van der Waals surface area contributed by atoms with Crippen molar-refractivity contribution in [2.75, 3.05) is 7.11 Å². The summed E-state index contributed by atoms with van der Waals surface area (Å²) in [7, 11) is 1.62. The molecule has 14 heavy (non-hydrogen) atoms. The molecule has 2 unspecified atom stereocenters. The highest BCUT2D eigenvalue weighted by Gasteiger charge is 2.21. The number of aryl methyl sites for hydroxylation is 1. The van der Waals surface area contributed by atoms with Crippen LogP contribution in [0.15, 0.2) is 6.20 Å². The zero-order valence-electron chi connectivity index (χ0n) is 9.19. The molecular weight excluding hydrogens is 180 g/mol. The maximum Gasteiger partial charge on any atom is 0.160 e. The van der Waals surface area contributed by atoms with E-state index in [1.54, 1.807) is 20.2 Å². The molecule has 4 nitrogen and oxygen atoms in total. The minimum Gasteiger partial charge on any atom is -0.493 e. The molecule has 0 fully saturated rings. The number of nitrogens with zero attached hydrogens (tertiary/aromatic N) is 2. The summed E-state index contributed by atoms with van der Waals surface area (Å²) >= 11 is 0. The molecule has 0 saturated heterocycles. The summed E-state index contributed by atoms with van der Waals surface area (Å²) in [6.45, 7) is 6.55. The molecule has 1 aromatic rings. The van der Waals surface area contributed by atoms with Crippen LogP contribution in [0.25, 0.3) is 0 Å². The fraction of sp³-hybridized carbons (Fsp3) is 0.700. The van der Waals surface area contributed by atoms with Crippen molar-refractivity contribution < 1.29 is 9.84 Å². The van der Waals surface area contributed by atoms with Crippen LogP contribution < -0.4 is 4.74 Å². The van der Waals surface area contributed by atoms with Gasteiger partial charge in [0.25, 0.3) is 0 Å². The second kappa shape index (κ2) is 4.46. The topological polar surface area (TPSA) is 47.3 Å². The van der Waals surface area contributed by atoms with Gasteiger partial charge >= 0.3 is 0 Å². The molecule has 2 atom stereocenters. The smallest absolute Gasteiger partial charge is 0.160 e. The van der Waals surface area contributed by atoms with Gasteiger partial charge in [0, 0.05) is 12.5 Å². The third kappa shape index (κ3) is 1.90. The summed E-state index contributed by atoms with van der Waals surface area (Å²) in [6, 6.07) is 0. The molecule has 0 spiro atoms. The van der Waals surface area contributed by atoms with Gasteiger partial charge in [-0.05, 0) is 13.8 Å². The summed E-state index contributed by atoms with van der Waals surface area (Å²) in [4.78, 5) is 0. The third-order valence-corrected chi connectivity index (χ3v) is 2.52. The number of hydrogen-bond donors (Lipinski definition) is 1. The predicted molar refractivity (Wildman–Crippen MR) is 54.5 cm³/mol. The number of methoxy groups -OCH3 is 1. The number of aromatic nitrogens is 2. The van der Waals surface area contributed by atoms with Crippen LogP contribution in [0.5, 0.6) is 5.75 Å². The summed E-state index contributed by atoms with van der Waals surface area (Å²) in [5.74, 6) is 0.785. The molecule has 0 aliphatic carbocycles. The average Bonchev–Trinajstić information content (AvgIpc) is 2.58. The van der Waals surface area contributed by atoms with Gasteiger partial charge < -0.3 is 9.84 Å². The lowest BCUT2D eigenvalue weighted by molar-refractivity contribution is 0.163. The zero-order valence-corrected chi connectivity index (χ0v) is 9.19. The van der Waals surface area contributed by atoms with E-state index in [4.69, 9.17) is 4.74 Å². The van der Waals surface area contributed by atoms with Crippen molar-refractivity contribution in [1.82, 2.24) is 9.78 Å². The monoisotopic (exact) mass is 198 g/mol. The maximum absolute atomic E-state index is 9.54. The number of rotatable bonds is 4. The highest BCUT2D eigenvalue weighted by Crippen LogP contribution is 2.28. The van der Waals surface area contributed by atoms with Gasteiger partial charge in [0.1, 0.15) is 0 Å². The SMILES string of the molecule is CCn1ncc(OC)c1C(C)C(C)O. The van der Waals surface area contributed by atoms with Crippen LogP contribution >= 0.6 is 0 Å². The van der Waals surface area contributed by atoms with E-state index >= 15 is 0 Å². The minimum absolute atomic E-state index is 0.0346. The van der Waals surface area contributed by atoms with Gasteiger partial charge in [-0.3, -0.25) is 4.68 Å². The first kappa shape index (κ1) is 11.0. The normalized spacial score (nSPS) is 15.2. The van der Waals surface area contributed by atoms with Crippen molar-refractivity contribution in [2.45, 2.75) is 39.3 Å². The van der Waals surface area contributed by atoms with Crippen molar-refractivity contribution in [2.24, 2.45) is 0 Å². The molecule has 0 amide bonds. The van der Waals surface area contributed by atoms with E-state index in [-0.39, 0.29) is 5.92 Å². The van der Waals surface area contributed by atoms with Gasteiger partial charge in [0.05, 0.1) is 25.1 Å². The van der Waals surface area contributed by atoms with E-state index in [1.807, 2.05) is 18.5 Å². The Labute approximate surface area is 84.5 Å². The summed E-state index contributed by atoms with van der Waals surface area (Å²) in [6.07, 6.45) is 1.29. The Morgan fingerprint density at radius 3 is 2.64 bits per heavy atom. The van der Waals surface area contributed by atoms with Crippen LogP contribution in [0, 0.1) is 0 Å². The molecule has 0 radical (unpaired) electrons. The quantitative estimate of drug-likeness (QED) is 0.795. The van der Waals surface area contributed by atoms with Crippen molar-refractivity contribution in [1.29, 1.82) is 0 Å². The van der Waals surface area contributed by atoms with Crippen molar-refractivity contribution in [3.8, 4) is 5.75 Å². The Bertz CT molecular complexity index is 273. The highest BCUT2D eigenvalue weighted by molar-refractivity contribution is 5.28. The highest BCUT2D eigenvalue weighted by atomic mass is 16.5. The standard InChI is InChI=1S/C10H18N2O2/c1-5-12-10(7(2)8(3)13)9(14-4)6-11-12/h6-8,13H,5H2,1-4H3. The van der Waals surface area contributed by atoms with Gasteiger partial charge in [0.2, 0.25) is 0 Å². The second-order valence-corrected chi connectivity index (χ2v) is 3.44. The van der Waals surface area contributed by atoms with Gasteiger partial charge in [-0.1, -0.05) is 6.92 Å². The Morgan fingerprint density at radius 2 is 2.21 bits per heavy atom. The lowest BCUT2D eigenvalue weighted by Crippen LogP contribution is -2.16. The van der Waals surface area contributed by atoms with Crippen molar-refractivity contribution in [3.05, 3.63) is 11.9 Å². The molecule has 4 heteroatoms. The van der Waals surface area contributed by atoms with Gasteiger partial charge in [0.15, 0.2) is 5.75 Å². The molecule has 80 valence electrons. The molecule has 0 aliphatic heterocycles. The molecule has 0 aromatic carbocycles. The van der Waals surface area contributed by atoms with Crippen molar-refractivity contribution >= 4 is 0 Å². The second-order valence-electron chi connectivity index (χ2n) is 3.44. The van der Waals surface area contributed by atoms with Gasteiger partial charge in [-0.25, -0.2) is 0 Å². The molecule has 1 heterocycles. The number of ether oxygens (including phenoxy) is 1. The van der Waals surface area contributed by atoms with Gasteiger partial charge in [-0.15, -0.1) is 0 Å². The Morgan fingerprint density at radius 1 is 1.57 bits per heavy atom. The van der Waals surface area contributed by atoms with Crippen LogP contribution in [-0.2, 0) is 6.54 Å². The molecule has 0 saturated carbocycles. The van der Waals surface area contributed by atoms with Crippen LogP contribution in [0.4, 0.5) is 0 Å². The number of aliphatic hydroxyl groups excluding tert-OH is 1. The number of aliphatic hydroxyl groups is 1. The first-order chi connectivity index (χ1) is 6.61. The number of hydrogen-bond acceptors (Lipinski definition) is 3.